The lowest BCUT2D eigenvalue weighted by Crippen LogP contribution is -2.15. The van der Waals surface area contributed by atoms with Gasteiger partial charge in [-0.25, -0.2) is 4.68 Å². The van der Waals surface area contributed by atoms with Crippen LogP contribution in [-0.4, -0.2) is 21.4 Å². The fourth-order valence-electron chi connectivity index (χ4n) is 1.97. The molecule has 0 atom stereocenters. The van der Waals surface area contributed by atoms with Gasteiger partial charge in [0, 0.05) is 23.1 Å². The van der Waals surface area contributed by atoms with Crippen molar-refractivity contribution >= 4 is 23.5 Å². The fourth-order valence-corrected chi connectivity index (χ4v) is 2.69. The zero-order chi connectivity index (χ0) is 14.5. The summed E-state index contributed by atoms with van der Waals surface area (Å²) in [6.45, 7) is 6.75. The van der Waals surface area contributed by atoms with E-state index in [1.165, 1.54) is 0 Å². The average Bonchev–Trinajstić information content (AvgIpc) is 2.79. The lowest BCUT2D eigenvalue weighted by atomic mass is 10.2. The van der Waals surface area contributed by atoms with E-state index in [9.17, 15) is 4.79 Å². The zero-order valence-electron chi connectivity index (χ0n) is 12.0. The van der Waals surface area contributed by atoms with Gasteiger partial charge in [-0.15, -0.1) is 11.8 Å². The van der Waals surface area contributed by atoms with Crippen LogP contribution in [0.15, 0.2) is 35.2 Å². The molecular formula is C15H19N3OS. The van der Waals surface area contributed by atoms with Crippen molar-refractivity contribution in [1.82, 2.24) is 9.78 Å². The molecule has 0 saturated carbocycles. The van der Waals surface area contributed by atoms with Gasteiger partial charge in [0.05, 0.1) is 5.69 Å². The predicted molar refractivity (Wildman–Crippen MR) is 83.4 cm³/mol. The Morgan fingerprint density at radius 1 is 1.35 bits per heavy atom. The van der Waals surface area contributed by atoms with E-state index in [1.807, 2.05) is 44.2 Å². The minimum Gasteiger partial charge on any atom is -0.307 e. The fraction of sp³-hybridized carbons (Fsp3) is 0.333. The lowest BCUT2D eigenvalue weighted by molar-refractivity contribution is 0.102. The summed E-state index contributed by atoms with van der Waals surface area (Å²) >= 11 is 1.73. The van der Waals surface area contributed by atoms with Gasteiger partial charge in [0.15, 0.2) is 0 Å². The Labute approximate surface area is 123 Å². The molecule has 20 heavy (non-hydrogen) atoms. The number of carbonyl (C=O) groups excluding carboxylic acids is 1. The number of nitrogens with one attached hydrogen (secondary N) is 1. The van der Waals surface area contributed by atoms with Crippen LogP contribution in [0.4, 0.5) is 5.82 Å². The molecule has 4 nitrogen and oxygen atoms in total. The molecule has 5 heteroatoms. The van der Waals surface area contributed by atoms with E-state index in [1.54, 1.807) is 16.4 Å². The Balaban J connectivity index is 2.17. The van der Waals surface area contributed by atoms with E-state index >= 15 is 0 Å². The number of aromatic nitrogens is 2. The molecule has 2 rings (SSSR count). The number of rotatable bonds is 5. The minimum absolute atomic E-state index is 0.0989. The van der Waals surface area contributed by atoms with Gasteiger partial charge in [-0.3, -0.25) is 4.79 Å². The Hall–Kier alpha value is -1.75. The summed E-state index contributed by atoms with van der Waals surface area (Å²) in [4.78, 5) is 13.4. The van der Waals surface area contributed by atoms with Crippen LogP contribution >= 0.6 is 11.8 Å². The summed E-state index contributed by atoms with van der Waals surface area (Å²) in [5, 5.41) is 7.24. The molecule has 1 aromatic heterocycles. The molecule has 1 heterocycles. The molecule has 0 fully saturated rings. The van der Waals surface area contributed by atoms with E-state index in [0.29, 0.717) is 5.56 Å². The van der Waals surface area contributed by atoms with Gasteiger partial charge in [0.25, 0.3) is 5.91 Å². The number of nitrogens with zero attached hydrogens (tertiary/aromatic N) is 2. The number of anilines is 1. The first-order chi connectivity index (χ1) is 9.63. The molecule has 1 amide bonds. The first kappa shape index (κ1) is 14.7. The molecule has 0 saturated heterocycles. The molecule has 0 aliphatic rings. The van der Waals surface area contributed by atoms with Crippen molar-refractivity contribution in [2.75, 3.05) is 11.1 Å². The van der Waals surface area contributed by atoms with Crippen molar-refractivity contribution in [3.63, 3.8) is 0 Å². The van der Waals surface area contributed by atoms with Crippen LogP contribution in [0.2, 0.25) is 0 Å². The van der Waals surface area contributed by atoms with Crippen LogP contribution in [-0.2, 0) is 6.54 Å². The number of aryl methyl sites for hydroxylation is 2. The molecule has 0 aliphatic carbocycles. The van der Waals surface area contributed by atoms with Crippen LogP contribution in [0, 0.1) is 6.92 Å². The van der Waals surface area contributed by atoms with Crippen molar-refractivity contribution in [2.45, 2.75) is 32.2 Å². The van der Waals surface area contributed by atoms with E-state index in [-0.39, 0.29) is 5.91 Å². The quantitative estimate of drug-likeness (QED) is 0.856. The van der Waals surface area contributed by atoms with Crippen LogP contribution in [0.5, 0.6) is 0 Å². The molecule has 1 N–H and O–H groups in total. The third-order valence-electron chi connectivity index (χ3n) is 2.85. The maximum atomic E-state index is 12.3. The maximum absolute atomic E-state index is 12.3. The van der Waals surface area contributed by atoms with Crippen molar-refractivity contribution in [2.24, 2.45) is 0 Å². The standard InChI is InChI=1S/C15H19N3OS/c1-4-18-14(9-11(3)17-18)16-15(19)12-7-6-8-13(10-12)20-5-2/h6-10H,4-5H2,1-3H3,(H,16,19). The van der Waals surface area contributed by atoms with Crippen molar-refractivity contribution in [3.8, 4) is 0 Å². The maximum Gasteiger partial charge on any atom is 0.256 e. The lowest BCUT2D eigenvalue weighted by Gasteiger charge is -2.08. The molecule has 2 aromatic rings. The second kappa shape index (κ2) is 6.61. The van der Waals surface area contributed by atoms with Gasteiger partial charge in [-0.2, -0.15) is 5.10 Å². The van der Waals surface area contributed by atoms with Crippen molar-refractivity contribution < 1.29 is 4.79 Å². The molecular weight excluding hydrogens is 270 g/mol. The van der Waals surface area contributed by atoms with E-state index in [4.69, 9.17) is 0 Å². The van der Waals surface area contributed by atoms with E-state index in [2.05, 4.69) is 17.3 Å². The van der Waals surface area contributed by atoms with Crippen LogP contribution < -0.4 is 5.32 Å². The van der Waals surface area contributed by atoms with Crippen LogP contribution in [0.25, 0.3) is 0 Å². The van der Waals surface area contributed by atoms with Gasteiger partial charge in [0.1, 0.15) is 5.82 Å². The summed E-state index contributed by atoms with van der Waals surface area (Å²) in [5.41, 5.74) is 1.57. The van der Waals surface area contributed by atoms with Crippen LogP contribution in [0.1, 0.15) is 29.9 Å². The molecule has 0 spiro atoms. The van der Waals surface area contributed by atoms with Gasteiger partial charge in [-0.05, 0) is 37.8 Å². The molecule has 0 bridgehead atoms. The monoisotopic (exact) mass is 289 g/mol. The Kier molecular flexibility index (Phi) is 4.84. The van der Waals surface area contributed by atoms with Gasteiger partial charge in [-0.1, -0.05) is 13.0 Å². The summed E-state index contributed by atoms with van der Waals surface area (Å²) in [7, 11) is 0. The van der Waals surface area contributed by atoms with E-state index < -0.39 is 0 Å². The molecule has 0 unspecified atom stereocenters. The van der Waals surface area contributed by atoms with Crippen LogP contribution in [0.3, 0.4) is 0 Å². The normalized spacial score (nSPS) is 10.6. The highest BCUT2D eigenvalue weighted by atomic mass is 32.2. The Morgan fingerprint density at radius 3 is 2.85 bits per heavy atom. The molecule has 0 aliphatic heterocycles. The first-order valence-corrected chi connectivity index (χ1v) is 7.71. The van der Waals surface area contributed by atoms with Crippen molar-refractivity contribution in [3.05, 3.63) is 41.6 Å². The number of thioether (sulfide) groups is 1. The number of amides is 1. The number of hydrogen-bond acceptors (Lipinski definition) is 3. The third-order valence-corrected chi connectivity index (χ3v) is 3.73. The highest BCUT2D eigenvalue weighted by molar-refractivity contribution is 7.99. The zero-order valence-corrected chi connectivity index (χ0v) is 12.8. The smallest absolute Gasteiger partial charge is 0.256 e. The Morgan fingerprint density at radius 2 is 2.15 bits per heavy atom. The summed E-state index contributed by atoms with van der Waals surface area (Å²) in [6, 6.07) is 9.56. The molecule has 106 valence electrons. The SMILES string of the molecule is CCSc1cccc(C(=O)Nc2cc(C)nn2CC)c1. The summed E-state index contributed by atoms with van der Waals surface area (Å²) < 4.78 is 1.79. The second-order valence-electron chi connectivity index (χ2n) is 4.40. The highest BCUT2D eigenvalue weighted by Gasteiger charge is 2.10. The topological polar surface area (TPSA) is 46.9 Å². The summed E-state index contributed by atoms with van der Waals surface area (Å²) in [6.07, 6.45) is 0. The molecule has 0 radical (unpaired) electrons. The number of hydrogen-bond donors (Lipinski definition) is 1. The van der Waals surface area contributed by atoms with Crippen molar-refractivity contribution in [1.29, 1.82) is 0 Å². The third kappa shape index (κ3) is 3.42. The largest absolute Gasteiger partial charge is 0.307 e. The van der Waals surface area contributed by atoms with Gasteiger partial charge in [0.2, 0.25) is 0 Å². The minimum atomic E-state index is -0.0989. The summed E-state index contributed by atoms with van der Waals surface area (Å²) in [5.74, 6) is 1.63. The number of carbonyl (C=O) groups is 1. The second-order valence-corrected chi connectivity index (χ2v) is 5.74. The number of benzene rings is 1. The average molecular weight is 289 g/mol. The van der Waals surface area contributed by atoms with Gasteiger partial charge >= 0.3 is 0 Å². The first-order valence-electron chi connectivity index (χ1n) is 6.72. The Bertz CT molecular complexity index is 607. The van der Waals surface area contributed by atoms with E-state index in [0.717, 1.165) is 28.7 Å². The highest BCUT2D eigenvalue weighted by Crippen LogP contribution is 2.19. The van der Waals surface area contributed by atoms with Gasteiger partial charge < -0.3 is 5.32 Å². The predicted octanol–water partition coefficient (Wildman–Crippen LogP) is 3.58. The molecule has 1 aromatic carbocycles.